The van der Waals surface area contributed by atoms with Crippen molar-refractivity contribution in [3.05, 3.63) is 41.2 Å². The molecule has 0 aromatic heterocycles. The number of carboxylic acid groups (broad SMARTS) is 1. The Labute approximate surface area is 117 Å². The van der Waals surface area contributed by atoms with Crippen molar-refractivity contribution in [2.45, 2.75) is 26.6 Å². The maximum Gasteiger partial charge on any atom is 0.328 e. The molecule has 0 bridgehead atoms. The van der Waals surface area contributed by atoms with Gasteiger partial charge in [-0.25, -0.2) is 9.18 Å². The summed E-state index contributed by atoms with van der Waals surface area (Å²) >= 11 is 0. The van der Waals surface area contributed by atoms with Gasteiger partial charge in [-0.3, -0.25) is 0 Å². The van der Waals surface area contributed by atoms with E-state index in [2.05, 4.69) is 0 Å². The highest BCUT2D eigenvalue weighted by molar-refractivity contribution is 5.85. The van der Waals surface area contributed by atoms with Gasteiger partial charge in [0.25, 0.3) is 0 Å². The SMILES string of the molecule is CC(C)OCCOCc1ccc(C=CC(=O)O)cc1F. The van der Waals surface area contributed by atoms with Crippen LogP contribution in [0.4, 0.5) is 4.39 Å². The molecule has 1 aromatic rings. The molecule has 1 N–H and O–H groups in total. The van der Waals surface area contributed by atoms with Crippen LogP contribution in [0.25, 0.3) is 6.08 Å². The second-order valence-corrected chi connectivity index (χ2v) is 4.49. The molecular formula is C15H19FO4. The standard InChI is InChI=1S/C15H19FO4/c1-11(2)20-8-7-19-10-13-5-3-12(9-14(13)16)4-6-15(17)18/h3-6,9,11H,7-8,10H2,1-2H3,(H,17,18). The molecule has 0 amide bonds. The zero-order chi connectivity index (χ0) is 15.0. The summed E-state index contributed by atoms with van der Waals surface area (Å²) in [6.45, 7) is 4.90. The summed E-state index contributed by atoms with van der Waals surface area (Å²) in [5.41, 5.74) is 0.929. The van der Waals surface area contributed by atoms with Gasteiger partial charge < -0.3 is 14.6 Å². The number of ether oxygens (including phenoxy) is 2. The van der Waals surface area contributed by atoms with Gasteiger partial charge in [0.15, 0.2) is 0 Å². The Balaban J connectivity index is 2.45. The first kappa shape index (κ1) is 16.3. The van der Waals surface area contributed by atoms with Gasteiger partial charge in [0, 0.05) is 11.6 Å². The van der Waals surface area contributed by atoms with Gasteiger partial charge in [-0.15, -0.1) is 0 Å². The fourth-order valence-corrected chi connectivity index (χ4v) is 1.48. The predicted molar refractivity (Wildman–Crippen MR) is 73.8 cm³/mol. The zero-order valence-electron chi connectivity index (χ0n) is 11.6. The molecule has 0 saturated heterocycles. The fourth-order valence-electron chi connectivity index (χ4n) is 1.48. The van der Waals surface area contributed by atoms with Crippen LogP contribution in [0.15, 0.2) is 24.3 Å². The lowest BCUT2D eigenvalue weighted by Crippen LogP contribution is -2.09. The molecule has 1 rings (SSSR count). The van der Waals surface area contributed by atoms with E-state index < -0.39 is 11.8 Å². The third kappa shape index (κ3) is 6.45. The van der Waals surface area contributed by atoms with E-state index >= 15 is 0 Å². The highest BCUT2D eigenvalue weighted by atomic mass is 19.1. The Morgan fingerprint density at radius 3 is 2.75 bits per heavy atom. The minimum absolute atomic E-state index is 0.149. The van der Waals surface area contributed by atoms with Gasteiger partial charge in [0.05, 0.1) is 25.9 Å². The maximum absolute atomic E-state index is 13.7. The second kappa shape index (κ2) is 8.45. The Hall–Kier alpha value is -1.72. The third-order valence-corrected chi connectivity index (χ3v) is 2.43. The molecule has 1 aromatic carbocycles. The molecule has 0 heterocycles. The van der Waals surface area contributed by atoms with E-state index in [0.29, 0.717) is 24.3 Å². The van der Waals surface area contributed by atoms with Crippen LogP contribution in [0.1, 0.15) is 25.0 Å². The van der Waals surface area contributed by atoms with Crippen molar-refractivity contribution in [2.75, 3.05) is 13.2 Å². The first-order valence-corrected chi connectivity index (χ1v) is 6.38. The van der Waals surface area contributed by atoms with Gasteiger partial charge in [-0.2, -0.15) is 0 Å². The van der Waals surface area contributed by atoms with Gasteiger partial charge in [0.2, 0.25) is 0 Å². The summed E-state index contributed by atoms with van der Waals surface area (Å²) in [7, 11) is 0. The molecule has 0 radical (unpaired) electrons. The van der Waals surface area contributed by atoms with Crippen molar-refractivity contribution < 1.29 is 23.8 Å². The van der Waals surface area contributed by atoms with Crippen molar-refractivity contribution in [1.29, 1.82) is 0 Å². The van der Waals surface area contributed by atoms with Gasteiger partial charge in [0.1, 0.15) is 5.82 Å². The minimum Gasteiger partial charge on any atom is -0.478 e. The van der Waals surface area contributed by atoms with Crippen LogP contribution in [0.3, 0.4) is 0 Å². The number of hydrogen-bond donors (Lipinski definition) is 1. The topological polar surface area (TPSA) is 55.8 Å². The van der Waals surface area contributed by atoms with E-state index in [-0.39, 0.29) is 12.7 Å². The predicted octanol–water partition coefficient (Wildman–Crippen LogP) is 2.87. The van der Waals surface area contributed by atoms with E-state index in [4.69, 9.17) is 14.6 Å². The van der Waals surface area contributed by atoms with Crippen LogP contribution in [-0.4, -0.2) is 30.4 Å². The Morgan fingerprint density at radius 1 is 1.40 bits per heavy atom. The average molecular weight is 282 g/mol. The number of hydrogen-bond acceptors (Lipinski definition) is 3. The van der Waals surface area contributed by atoms with E-state index in [9.17, 15) is 9.18 Å². The number of aliphatic carboxylic acids is 1. The first-order valence-electron chi connectivity index (χ1n) is 6.38. The van der Waals surface area contributed by atoms with E-state index in [1.807, 2.05) is 13.8 Å². The highest BCUT2D eigenvalue weighted by Crippen LogP contribution is 2.13. The lowest BCUT2D eigenvalue weighted by molar-refractivity contribution is -0.131. The third-order valence-electron chi connectivity index (χ3n) is 2.43. The van der Waals surface area contributed by atoms with Crippen LogP contribution in [0, 0.1) is 5.82 Å². The van der Waals surface area contributed by atoms with E-state index in [1.165, 1.54) is 12.1 Å². The van der Waals surface area contributed by atoms with Crippen molar-refractivity contribution in [3.63, 3.8) is 0 Å². The molecule has 0 saturated carbocycles. The van der Waals surface area contributed by atoms with Crippen molar-refractivity contribution in [2.24, 2.45) is 0 Å². The largest absolute Gasteiger partial charge is 0.478 e. The minimum atomic E-state index is -1.07. The molecule has 0 spiro atoms. The van der Waals surface area contributed by atoms with Crippen LogP contribution >= 0.6 is 0 Å². The molecule has 0 aliphatic rings. The summed E-state index contributed by atoms with van der Waals surface area (Å²) in [6, 6.07) is 4.51. The second-order valence-electron chi connectivity index (χ2n) is 4.49. The zero-order valence-corrected chi connectivity index (χ0v) is 11.6. The molecule has 0 aliphatic heterocycles. The molecular weight excluding hydrogens is 263 g/mol. The number of carbonyl (C=O) groups is 1. The van der Waals surface area contributed by atoms with Crippen molar-refractivity contribution >= 4 is 12.0 Å². The van der Waals surface area contributed by atoms with Crippen molar-refractivity contribution in [3.8, 4) is 0 Å². The lowest BCUT2D eigenvalue weighted by atomic mass is 10.1. The van der Waals surface area contributed by atoms with Crippen LogP contribution < -0.4 is 0 Å². The molecule has 0 unspecified atom stereocenters. The monoisotopic (exact) mass is 282 g/mol. The smallest absolute Gasteiger partial charge is 0.328 e. The number of rotatable bonds is 8. The molecule has 110 valence electrons. The summed E-state index contributed by atoms with van der Waals surface area (Å²) in [6.07, 6.45) is 2.46. The summed E-state index contributed by atoms with van der Waals surface area (Å²) in [5, 5.41) is 8.49. The van der Waals surface area contributed by atoms with Crippen LogP contribution in [-0.2, 0) is 20.9 Å². The number of carboxylic acids is 1. The fraction of sp³-hybridized carbons (Fsp3) is 0.400. The molecule has 0 aliphatic carbocycles. The first-order chi connectivity index (χ1) is 9.49. The van der Waals surface area contributed by atoms with Gasteiger partial charge in [-0.1, -0.05) is 12.1 Å². The van der Waals surface area contributed by atoms with Crippen molar-refractivity contribution in [1.82, 2.24) is 0 Å². The molecule has 4 nitrogen and oxygen atoms in total. The lowest BCUT2D eigenvalue weighted by Gasteiger charge is -2.09. The summed E-state index contributed by atoms with van der Waals surface area (Å²) in [5.74, 6) is -1.48. The number of benzene rings is 1. The quantitative estimate of drug-likeness (QED) is 0.588. The van der Waals surface area contributed by atoms with Crippen LogP contribution in [0.5, 0.6) is 0 Å². The van der Waals surface area contributed by atoms with Crippen LogP contribution in [0.2, 0.25) is 0 Å². The Bertz CT molecular complexity index is 469. The number of halogens is 1. The van der Waals surface area contributed by atoms with Gasteiger partial charge >= 0.3 is 5.97 Å². The summed E-state index contributed by atoms with van der Waals surface area (Å²) in [4.78, 5) is 10.4. The average Bonchev–Trinajstić information content (AvgIpc) is 2.37. The van der Waals surface area contributed by atoms with E-state index in [1.54, 1.807) is 12.1 Å². The Kier molecular flexibility index (Phi) is 6.90. The maximum atomic E-state index is 13.7. The summed E-state index contributed by atoms with van der Waals surface area (Å²) < 4.78 is 24.3. The molecule has 5 heteroatoms. The molecule has 0 atom stereocenters. The van der Waals surface area contributed by atoms with Gasteiger partial charge in [-0.05, 0) is 31.6 Å². The Morgan fingerprint density at radius 2 is 2.15 bits per heavy atom. The highest BCUT2D eigenvalue weighted by Gasteiger charge is 2.03. The van der Waals surface area contributed by atoms with E-state index in [0.717, 1.165) is 6.08 Å². The molecule has 0 fully saturated rings. The normalized spacial score (nSPS) is 11.4. The molecule has 20 heavy (non-hydrogen) atoms.